The van der Waals surface area contributed by atoms with E-state index in [0.717, 1.165) is 27.5 Å². The Kier molecular flexibility index (Phi) is 5.42. The largest absolute Gasteiger partial charge is 0.326 e. The van der Waals surface area contributed by atoms with E-state index in [-0.39, 0.29) is 24.7 Å². The fourth-order valence-corrected chi connectivity index (χ4v) is 3.25. The molecule has 0 atom stereocenters. The highest BCUT2D eigenvalue weighted by Gasteiger charge is 2.11. The number of nitrogens with zero attached hydrogens (tertiary/aromatic N) is 2. The molecule has 4 aromatic rings. The van der Waals surface area contributed by atoms with Crippen LogP contribution in [-0.2, 0) is 9.59 Å². The van der Waals surface area contributed by atoms with Gasteiger partial charge >= 0.3 is 0 Å². The number of benzene rings is 2. The molecule has 0 fully saturated rings. The zero-order chi connectivity index (χ0) is 20.1. The molecule has 6 heteroatoms. The lowest BCUT2D eigenvalue weighted by Gasteiger charge is -2.11. The maximum absolute atomic E-state index is 12.5. The molecular formula is C23H20N4O2. The minimum Gasteiger partial charge on any atom is -0.326 e. The van der Waals surface area contributed by atoms with Gasteiger partial charge in [0.15, 0.2) is 0 Å². The SMILES string of the molecule is O=C(CCCC(=O)Nc1cc2cccnc2c2ncccc12)Nc1ccccc1. The average Bonchev–Trinajstić information content (AvgIpc) is 2.74. The number of aromatic nitrogens is 2. The third-order valence-corrected chi connectivity index (χ3v) is 4.60. The Bertz CT molecular complexity index is 1180. The summed E-state index contributed by atoms with van der Waals surface area (Å²) in [7, 11) is 0. The third-order valence-electron chi connectivity index (χ3n) is 4.60. The Morgan fingerprint density at radius 2 is 1.45 bits per heavy atom. The number of hydrogen-bond donors (Lipinski definition) is 2. The van der Waals surface area contributed by atoms with Crippen LogP contribution in [0.25, 0.3) is 21.8 Å². The quantitative estimate of drug-likeness (QED) is 0.478. The number of amides is 2. The number of fused-ring (bicyclic) bond motifs is 3. The molecule has 0 aliphatic carbocycles. The standard InChI is InChI=1S/C23H20N4O2/c28-20(26-17-8-2-1-3-9-17)11-4-12-21(29)27-19-15-16-7-5-13-24-22(16)23-18(19)10-6-14-25-23/h1-3,5-10,13-15H,4,11-12H2,(H,26,28)(H,27,29). The summed E-state index contributed by atoms with van der Waals surface area (Å²) in [5.41, 5.74) is 3.01. The molecule has 0 aliphatic heterocycles. The summed E-state index contributed by atoms with van der Waals surface area (Å²) in [5, 5.41) is 7.54. The van der Waals surface area contributed by atoms with E-state index >= 15 is 0 Å². The number of carbonyl (C=O) groups excluding carboxylic acids is 2. The first kappa shape index (κ1) is 18.6. The van der Waals surface area contributed by atoms with E-state index in [9.17, 15) is 9.59 Å². The first-order valence-electron chi connectivity index (χ1n) is 9.48. The molecule has 144 valence electrons. The number of pyridine rings is 2. The third kappa shape index (κ3) is 4.38. The second kappa shape index (κ2) is 8.48. The van der Waals surface area contributed by atoms with Crippen LogP contribution in [-0.4, -0.2) is 21.8 Å². The van der Waals surface area contributed by atoms with Crippen molar-refractivity contribution in [1.82, 2.24) is 9.97 Å². The number of para-hydroxylation sites is 1. The molecule has 0 saturated heterocycles. The van der Waals surface area contributed by atoms with E-state index in [4.69, 9.17) is 0 Å². The summed E-state index contributed by atoms with van der Waals surface area (Å²) in [6.07, 6.45) is 4.46. The van der Waals surface area contributed by atoms with Crippen LogP contribution in [0.2, 0.25) is 0 Å². The number of carbonyl (C=O) groups is 2. The van der Waals surface area contributed by atoms with Crippen molar-refractivity contribution in [1.29, 1.82) is 0 Å². The van der Waals surface area contributed by atoms with Gasteiger partial charge in [0.2, 0.25) is 11.8 Å². The lowest BCUT2D eigenvalue weighted by Crippen LogP contribution is -2.15. The van der Waals surface area contributed by atoms with Crippen LogP contribution >= 0.6 is 0 Å². The normalized spacial score (nSPS) is 10.8. The van der Waals surface area contributed by atoms with E-state index in [2.05, 4.69) is 20.6 Å². The monoisotopic (exact) mass is 384 g/mol. The highest BCUT2D eigenvalue weighted by molar-refractivity contribution is 6.12. The maximum atomic E-state index is 12.5. The van der Waals surface area contributed by atoms with Crippen LogP contribution < -0.4 is 10.6 Å². The Labute approximate surface area is 168 Å². The number of nitrogens with one attached hydrogen (secondary N) is 2. The summed E-state index contributed by atoms with van der Waals surface area (Å²) in [4.78, 5) is 33.3. The summed E-state index contributed by atoms with van der Waals surface area (Å²) < 4.78 is 0. The zero-order valence-electron chi connectivity index (χ0n) is 15.8. The van der Waals surface area contributed by atoms with Crippen LogP contribution in [0.3, 0.4) is 0 Å². The highest BCUT2D eigenvalue weighted by atomic mass is 16.2. The minimum absolute atomic E-state index is 0.101. The fourth-order valence-electron chi connectivity index (χ4n) is 3.25. The fraction of sp³-hybridized carbons (Fsp3) is 0.130. The molecule has 0 radical (unpaired) electrons. The lowest BCUT2D eigenvalue weighted by atomic mass is 10.1. The highest BCUT2D eigenvalue weighted by Crippen LogP contribution is 2.29. The molecule has 2 aromatic carbocycles. The summed E-state index contributed by atoms with van der Waals surface area (Å²) in [5.74, 6) is -0.235. The molecule has 2 aromatic heterocycles. The van der Waals surface area contributed by atoms with Crippen LogP contribution in [0, 0.1) is 0 Å². The molecule has 29 heavy (non-hydrogen) atoms. The maximum Gasteiger partial charge on any atom is 0.224 e. The number of anilines is 2. The predicted molar refractivity (Wildman–Crippen MR) is 115 cm³/mol. The van der Waals surface area contributed by atoms with Gasteiger partial charge in [-0.3, -0.25) is 19.6 Å². The number of rotatable bonds is 6. The van der Waals surface area contributed by atoms with E-state index in [1.54, 1.807) is 12.4 Å². The van der Waals surface area contributed by atoms with E-state index in [1.165, 1.54) is 0 Å². The van der Waals surface area contributed by atoms with Crippen molar-refractivity contribution < 1.29 is 9.59 Å². The Hall–Kier alpha value is -3.80. The zero-order valence-corrected chi connectivity index (χ0v) is 15.8. The van der Waals surface area contributed by atoms with Gasteiger partial charge in [0.05, 0.1) is 16.7 Å². The molecule has 0 aliphatic rings. The van der Waals surface area contributed by atoms with Gasteiger partial charge in [0.1, 0.15) is 0 Å². The van der Waals surface area contributed by atoms with E-state index < -0.39 is 0 Å². The van der Waals surface area contributed by atoms with Crippen molar-refractivity contribution in [2.45, 2.75) is 19.3 Å². The van der Waals surface area contributed by atoms with Gasteiger partial charge in [-0.05, 0) is 42.8 Å². The first-order valence-corrected chi connectivity index (χ1v) is 9.48. The van der Waals surface area contributed by atoms with Crippen LogP contribution in [0.4, 0.5) is 11.4 Å². The molecule has 0 unspecified atom stereocenters. The van der Waals surface area contributed by atoms with Crippen molar-refractivity contribution in [3.63, 3.8) is 0 Å². The summed E-state index contributed by atoms with van der Waals surface area (Å²) in [6.45, 7) is 0. The molecule has 2 amide bonds. The van der Waals surface area contributed by atoms with E-state index in [1.807, 2.05) is 60.7 Å². The van der Waals surface area contributed by atoms with Gasteiger partial charge in [-0.1, -0.05) is 24.3 Å². The van der Waals surface area contributed by atoms with Gasteiger partial charge in [-0.2, -0.15) is 0 Å². The van der Waals surface area contributed by atoms with Crippen molar-refractivity contribution in [3.8, 4) is 0 Å². The minimum atomic E-state index is -0.133. The molecule has 0 spiro atoms. The van der Waals surface area contributed by atoms with Gasteiger partial charge < -0.3 is 10.6 Å². The predicted octanol–water partition coefficient (Wildman–Crippen LogP) is 4.53. The van der Waals surface area contributed by atoms with Crippen molar-refractivity contribution in [3.05, 3.63) is 73.1 Å². The van der Waals surface area contributed by atoms with Crippen LogP contribution in [0.1, 0.15) is 19.3 Å². The van der Waals surface area contributed by atoms with Crippen molar-refractivity contribution in [2.24, 2.45) is 0 Å². The molecule has 0 saturated carbocycles. The van der Waals surface area contributed by atoms with Gasteiger partial charge in [-0.15, -0.1) is 0 Å². The Morgan fingerprint density at radius 3 is 2.24 bits per heavy atom. The molecule has 0 bridgehead atoms. The van der Waals surface area contributed by atoms with Gasteiger partial charge in [0.25, 0.3) is 0 Å². The average molecular weight is 384 g/mol. The molecule has 2 heterocycles. The topological polar surface area (TPSA) is 84.0 Å². The van der Waals surface area contributed by atoms with E-state index in [0.29, 0.717) is 12.1 Å². The summed E-state index contributed by atoms with van der Waals surface area (Å²) in [6, 6.07) is 18.7. The molecule has 2 N–H and O–H groups in total. The van der Waals surface area contributed by atoms with Gasteiger partial charge in [-0.25, -0.2) is 0 Å². The smallest absolute Gasteiger partial charge is 0.224 e. The lowest BCUT2D eigenvalue weighted by molar-refractivity contribution is -0.117. The molecule has 6 nitrogen and oxygen atoms in total. The van der Waals surface area contributed by atoms with Crippen LogP contribution in [0.15, 0.2) is 73.1 Å². The summed E-state index contributed by atoms with van der Waals surface area (Å²) >= 11 is 0. The number of hydrogen-bond acceptors (Lipinski definition) is 4. The van der Waals surface area contributed by atoms with Crippen LogP contribution in [0.5, 0.6) is 0 Å². The van der Waals surface area contributed by atoms with Crippen molar-refractivity contribution in [2.75, 3.05) is 10.6 Å². The second-order valence-corrected chi connectivity index (χ2v) is 6.71. The second-order valence-electron chi connectivity index (χ2n) is 6.71. The Balaban J connectivity index is 1.40. The van der Waals surface area contributed by atoms with Crippen molar-refractivity contribution >= 4 is 45.0 Å². The molecule has 4 rings (SSSR count). The molecular weight excluding hydrogens is 364 g/mol. The Morgan fingerprint density at radius 1 is 0.759 bits per heavy atom. The van der Waals surface area contributed by atoms with Gasteiger partial charge in [0, 0.05) is 41.7 Å². The first-order chi connectivity index (χ1) is 14.2.